The van der Waals surface area contributed by atoms with Crippen molar-refractivity contribution in [3.8, 4) is 0 Å². The second-order valence-electron chi connectivity index (χ2n) is 4.60. The van der Waals surface area contributed by atoms with Crippen molar-refractivity contribution in [2.24, 2.45) is 5.14 Å². The maximum absolute atomic E-state index is 12.1. The number of carbonyl (C=O) groups excluding carboxylic acids is 1. The predicted molar refractivity (Wildman–Crippen MR) is 80.1 cm³/mol. The Kier molecular flexibility index (Phi) is 4.38. The molecular formula is C13H15N5O3S. The minimum atomic E-state index is -3.80. The van der Waals surface area contributed by atoms with Crippen molar-refractivity contribution in [1.82, 2.24) is 15.3 Å². The lowest BCUT2D eigenvalue weighted by Gasteiger charge is -2.15. The minimum absolute atomic E-state index is 0.0111. The zero-order valence-corrected chi connectivity index (χ0v) is 12.5. The summed E-state index contributed by atoms with van der Waals surface area (Å²) in [6.07, 6.45) is 2.74. The van der Waals surface area contributed by atoms with E-state index in [2.05, 4.69) is 15.3 Å². The number of carbonyl (C=O) groups is 1. The highest BCUT2D eigenvalue weighted by atomic mass is 32.2. The van der Waals surface area contributed by atoms with Gasteiger partial charge in [0.1, 0.15) is 0 Å². The first kappa shape index (κ1) is 15.9. The molecule has 0 bridgehead atoms. The van der Waals surface area contributed by atoms with Crippen molar-refractivity contribution in [3.63, 3.8) is 0 Å². The summed E-state index contributed by atoms with van der Waals surface area (Å²) in [5.41, 5.74) is 6.18. The van der Waals surface area contributed by atoms with Crippen LogP contribution in [0.25, 0.3) is 0 Å². The van der Waals surface area contributed by atoms with Crippen LogP contribution in [0.1, 0.15) is 29.0 Å². The monoisotopic (exact) mass is 321 g/mol. The molecule has 8 nitrogen and oxygen atoms in total. The second kappa shape index (κ2) is 6.08. The van der Waals surface area contributed by atoms with Crippen LogP contribution in [0.15, 0.2) is 41.6 Å². The minimum Gasteiger partial charge on any atom is -0.382 e. The number of hydrogen-bond acceptors (Lipinski definition) is 6. The Balaban J connectivity index is 2.21. The van der Waals surface area contributed by atoms with Crippen LogP contribution in [-0.4, -0.2) is 24.3 Å². The lowest BCUT2D eigenvalue weighted by Crippen LogP contribution is -2.28. The van der Waals surface area contributed by atoms with Crippen molar-refractivity contribution in [3.05, 3.63) is 47.9 Å². The van der Waals surface area contributed by atoms with Gasteiger partial charge in [0.2, 0.25) is 10.0 Å². The first-order valence-electron chi connectivity index (χ1n) is 6.29. The fraction of sp³-hybridized carbons (Fsp3) is 0.154. The van der Waals surface area contributed by atoms with Crippen LogP contribution in [0.2, 0.25) is 0 Å². The molecule has 116 valence electrons. The zero-order valence-electron chi connectivity index (χ0n) is 11.7. The van der Waals surface area contributed by atoms with Gasteiger partial charge in [0, 0.05) is 12.4 Å². The lowest BCUT2D eigenvalue weighted by molar-refractivity contribution is 0.0935. The van der Waals surface area contributed by atoms with E-state index in [1.807, 2.05) is 0 Å². The standard InChI is InChI=1S/C13H15N5O3S/c1-8(9-3-2-4-10(7-9)22(15,20)21)18-13(19)11-12(14)17-6-5-16-11/h2-8H,1H3,(H2,14,17)(H,18,19)(H2,15,20,21). The van der Waals surface area contributed by atoms with Crippen molar-refractivity contribution in [1.29, 1.82) is 0 Å². The van der Waals surface area contributed by atoms with E-state index in [1.165, 1.54) is 24.5 Å². The molecule has 1 atom stereocenters. The molecule has 9 heteroatoms. The maximum atomic E-state index is 12.1. The number of rotatable bonds is 4. The summed E-state index contributed by atoms with van der Waals surface area (Å²) >= 11 is 0. The van der Waals surface area contributed by atoms with Gasteiger partial charge in [-0.25, -0.2) is 23.5 Å². The molecule has 22 heavy (non-hydrogen) atoms. The number of nitrogens with one attached hydrogen (secondary N) is 1. The van der Waals surface area contributed by atoms with E-state index in [0.29, 0.717) is 5.56 Å². The molecule has 2 rings (SSSR count). The molecule has 0 fully saturated rings. The molecule has 1 amide bonds. The molecule has 1 aromatic heterocycles. The first-order valence-corrected chi connectivity index (χ1v) is 7.84. The van der Waals surface area contributed by atoms with E-state index in [4.69, 9.17) is 10.9 Å². The fourth-order valence-corrected chi connectivity index (χ4v) is 2.40. The van der Waals surface area contributed by atoms with Crippen LogP contribution in [0.3, 0.4) is 0 Å². The Morgan fingerprint density at radius 2 is 1.95 bits per heavy atom. The number of sulfonamides is 1. The molecule has 0 aliphatic carbocycles. The molecule has 2 aromatic rings. The maximum Gasteiger partial charge on any atom is 0.274 e. The third-order valence-corrected chi connectivity index (χ3v) is 3.89. The molecule has 0 spiro atoms. The Hall–Kier alpha value is -2.52. The fourth-order valence-electron chi connectivity index (χ4n) is 1.83. The average Bonchev–Trinajstić information content (AvgIpc) is 2.46. The molecule has 0 aliphatic rings. The highest BCUT2D eigenvalue weighted by Crippen LogP contribution is 2.17. The smallest absolute Gasteiger partial charge is 0.274 e. The van der Waals surface area contributed by atoms with Crippen molar-refractivity contribution < 1.29 is 13.2 Å². The summed E-state index contributed by atoms with van der Waals surface area (Å²) in [6.45, 7) is 1.70. The predicted octanol–water partition coefficient (Wildman–Crippen LogP) is 0.197. The molecule has 1 heterocycles. The first-order chi connectivity index (χ1) is 10.3. The Bertz CT molecular complexity index is 807. The van der Waals surface area contributed by atoms with E-state index < -0.39 is 22.0 Å². The van der Waals surface area contributed by atoms with Gasteiger partial charge in [0.25, 0.3) is 5.91 Å². The van der Waals surface area contributed by atoms with E-state index >= 15 is 0 Å². The second-order valence-corrected chi connectivity index (χ2v) is 6.16. The van der Waals surface area contributed by atoms with Gasteiger partial charge >= 0.3 is 0 Å². The summed E-state index contributed by atoms with van der Waals surface area (Å²) in [4.78, 5) is 19.7. The number of aromatic nitrogens is 2. The van der Waals surface area contributed by atoms with E-state index in [1.54, 1.807) is 19.1 Å². The number of anilines is 1. The van der Waals surface area contributed by atoms with Gasteiger partial charge in [0.05, 0.1) is 10.9 Å². The normalized spacial score (nSPS) is 12.6. The summed E-state index contributed by atoms with van der Waals surface area (Å²) < 4.78 is 22.7. The summed E-state index contributed by atoms with van der Waals surface area (Å²) in [6, 6.07) is 5.55. The van der Waals surface area contributed by atoms with Crippen LogP contribution in [0, 0.1) is 0 Å². The highest BCUT2D eigenvalue weighted by molar-refractivity contribution is 7.89. The topological polar surface area (TPSA) is 141 Å². The quantitative estimate of drug-likeness (QED) is 0.734. The van der Waals surface area contributed by atoms with Crippen LogP contribution < -0.4 is 16.2 Å². The van der Waals surface area contributed by atoms with Crippen molar-refractivity contribution >= 4 is 21.7 Å². The molecule has 0 saturated carbocycles. The SMILES string of the molecule is CC(NC(=O)c1nccnc1N)c1cccc(S(N)(=O)=O)c1. The van der Waals surface area contributed by atoms with E-state index in [-0.39, 0.29) is 16.4 Å². The molecule has 0 radical (unpaired) electrons. The number of benzene rings is 1. The van der Waals surface area contributed by atoms with Gasteiger partial charge in [-0.3, -0.25) is 4.79 Å². The average molecular weight is 321 g/mol. The zero-order chi connectivity index (χ0) is 16.3. The summed E-state index contributed by atoms with van der Waals surface area (Å²) in [5, 5.41) is 7.76. The Morgan fingerprint density at radius 3 is 2.59 bits per heavy atom. The highest BCUT2D eigenvalue weighted by Gasteiger charge is 2.17. The molecular weight excluding hydrogens is 306 g/mol. The lowest BCUT2D eigenvalue weighted by atomic mass is 10.1. The van der Waals surface area contributed by atoms with E-state index in [0.717, 1.165) is 0 Å². The number of amides is 1. The number of nitrogens with two attached hydrogens (primary N) is 2. The number of primary sulfonamides is 1. The molecule has 1 unspecified atom stereocenters. The van der Waals surface area contributed by atoms with Crippen LogP contribution in [0.5, 0.6) is 0 Å². The van der Waals surface area contributed by atoms with Gasteiger partial charge in [-0.2, -0.15) is 0 Å². The number of nitrogen functional groups attached to an aromatic ring is 1. The molecule has 5 N–H and O–H groups in total. The van der Waals surface area contributed by atoms with Gasteiger partial charge in [-0.05, 0) is 24.6 Å². The van der Waals surface area contributed by atoms with Gasteiger partial charge in [-0.1, -0.05) is 12.1 Å². The van der Waals surface area contributed by atoms with Gasteiger partial charge in [-0.15, -0.1) is 0 Å². The Morgan fingerprint density at radius 1 is 1.27 bits per heavy atom. The number of hydrogen-bond donors (Lipinski definition) is 3. The third kappa shape index (κ3) is 3.57. The van der Waals surface area contributed by atoms with E-state index in [9.17, 15) is 13.2 Å². The van der Waals surface area contributed by atoms with Crippen molar-refractivity contribution in [2.45, 2.75) is 17.9 Å². The summed E-state index contributed by atoms with van der Waals surface area (Å²) in [7, 11) is -3.80. The summed E-state index contributed by atoms with van der Waals surface area (Å²) in [5.74, 6) is -0.482. The molecule has 0 aliphatic heterocycles. The third-order valence-electron chi connectivity index (χ3n) is 2.98. The van der Waals surface area contributed by atoms with Crippen LogP contribution >= 0.6 is 0 Å². The van der Waals surface area contributed by atoms with Crippen LogP contribution in [-0.2, 0) is 10.0 Å². The largest absolute Gasteiger partial charge is 0.382 e. The molecule has 0 saturated heterocycles. The molecule has 1 aromatic carbocycles. The van der Waals surface area contributed by atoms with Crippen molar-refractivity contribution in [2.75, 3.05) is 5.73 Å². The van der Waals surface area contributed by atoms with Gasteiger partial charge < -0.3 is 11.1 Å². The van der Waals surface area contributed by atoms with Gasteiger partial charge in [0.15, 0.2) is 11.5 Å². The van der Waals surface area contributed by atoms with Crippen LogP contribution in [0.4, 0.5) is 5.82 Å². The number of nitrogens with zero attached hydrogens (tertiary/aromatic N) is 2. The Labute approximate surface area is 127 Å².